The van der Waals surface area contributed by atoms with Crippen molar-refractivity contribution in [3.8, 4) is 16.3 Å². The zero-order valence-electron chi connectivity index (χ0n) is 16.5. The van der Waals surface area contributed by atoms with Crippen molar-refractivity contribution in [2.75, 3.05) is 11.4 Å². The smallest absolute Gasteiger partial charge is 0.262 e. The van der Waals surface area contributed by atoms with Gasteiger partial charge >= 0.3 is 0 Å². The molecule has 0 spiro atoms. The van der Waals surface area contributed by atoms with Gasteiger partial charge in [0.2, 0.25) is 0 Å². The number of aryl methyl sites for hydroxylation is 1. The van der Waals surface area contributed by atoms with E-state index in [1.165, 1.54) is 11.3 Å². The van der Waals surface area contributed by atoms with Crippen molar-refractivity contribution in [2.24, 2.45) is 0 Å². The summed E-state index contributed by atoms with van der Waals surface area (Å²) in [5.41, 5.74) is 4.11. The Morgan fingerprint density at radius 1 is 1.10 bits per heavy atom. The minimum absolute atomic E-state index is 0.0725. The van der Waals surface area contributed by atoms with E-state index in [2.05, 4.69) is 15.1 Å². The first-order valence-electron chi connectivity index (χ1n) is 9.40. The van der Waals surface area contributed by atoms with Crippen molar-refractivity contribution in [3.63, 3.8) is 0 Å². The van der Waals surface area contributed by atoms with E-state index < -0.39 is 0 Å². The van der Waals surface area contributed by atoms with Crippen LogP contribution in [-0.4, -0.2) is 32.2 Å². The molecule has 1 aromatic carbocycles. The summed E-state index contributed by atoms with van der Waals surface area (Å²) in [7, 11) is 0. The van der Waals surface area contributed by atoms with E-state index >= 15 is 0 Å². The first-order chi connectivity index (χ1) is 14.1. The van der Waals surface area contributed by atoms with E-state index in [-0.39, 0.29) is 5.91 Å². The van der Waals surface area contributed by atoms with Gasteiger partial charge in [-0.05, 0) is 45.0 Å². The predicted octanol–water partition coefficient (Wildman–Crippen LogP) is 4.67. The zero-order valence-corrected chi connectivity index (χ0v) is 17.3. The minimum Gasteiger partial charge on any atom is -0.298 e. The van der Waals surface area contributed by atoms with Gasteiger partial charge < -0.3 is 0 Å². The molecule has 6 nitrogen and oxygen atoms in total. The lowest BCUT2D eigenvalue weighted by molar-refractivity contribution is 0.0988. The van der Waals surface area contributed by atoms with Crippen LogP contribution in [0, 0.1) is 13.8 Å². The molecule has 0 bridgehead atoms. The number of aromatic nitrogens is 4. The fourth-order valence-corrected chi connectivity index (χ4v) is 4.35. The van der Waals surface area contributed by atoms with Crippen LogP contribution in [0.1, 0.15) is 28.7 Å². The Labute approximate surface area is 173 Å². The summed E-state index contributed by atoms with van der Waals surface area (Å²) in [6.07, 6.45) is 5.17. The molecule has 4 aromatic rings. The third kappa shape index (κ3) is 3.56. The van der Waals surface area contributed by atoms with Gasteiger partial charge in [0.15, 0.2) is 0 Å². The Kier molecular flexibility index (Phi) is 5.22. The topological polar surface area (TPSA) is 63.9 Å². The molecule has 1 amide bonds. The Morgan fingerprint density at radius 2 is 1.90 bits per heavy atom. The van der Waals surface area contributed by atoms with Crippen molar-refractivity contribution in [1.82, 2.24) is 19.7 Å². The van der Waals surface area contributed by atoms with Crippen molar-refractivity contribution in [3.05, 3.63) is 78.0 Å². The van der Waals surface area contributed by atoms with Crippen LogP contribution >= 0.6 is 11.3 Å². The second-order valence-electron chi connectivity index (χ2n) is 6.59. The number of rotatable bonds is 5. The Morgan fingerprint density at radius 3 is 2.59 bits per heavy atom. The third-order valence-corrected chi connectivity index (χ3v) is 5.96. The summed E-state index contributed by atoms with van der Waals surface area (Å²) in [4.78, 5) is 24.0. The van der Waals surface area contributed by atoms with Crippen LogP contribution in [0.25, 0.3) is 16.3 Å². The maximum atomic E-state index is 13.4. The van der Waals surface area contributed by atoms with Gasteiger partial charge in [0, 0.05) is 24.5 Å². The van der Waals surface area contributed by atoms with Gasteiger partial charge in [-0.15, -0.1) is 0 Å². The SMILES string of the molecule is CCN(C(=O)c1cnn(-c2ccccc2)c1C)c1sc(-c2cccnc2)nc1C. The molecule has 0 N–H and O–H groups in total. The number of benzene rings is 1. The van der Waals surface area contributed by atoms with Crippen molar-refractivity contribution in [1.29, 1.82) is 0 Å². The number of carbonyl (C=O) groups is 1. The van der Waals surface area contributed by atoms with Gasteiger partial charge in [0.25, 0.3) is 5.91 Å². The number of amides is 1. The number of anilines is 1. The second kappa shape index (κ2) is 7.97. The van der Waals surface area contributed by atoms with Gasteiger partial charge in [-0.25, -0.2) is 9.67 Å². The first-order valence-corrected chi connectivity index (χ1v) is 10.2. The third-order valence-electron chi connectivity index (χ3n) is 4.73. The lowest BCUT2D eigenvalue weighted by atomic mass is 10.2. The average Bonchev–Trinajstić information content (AvgIpc) is 3.33. The number of pyridine rings is 1. The fourth-order valence-electron chi connectivity index (χ4n) is 3.23. The Balaban J connectivity index is 1.68. The first kappa shape index (κ1) is 19.0. The second-order valence-corrected chi connectivity index (χ2v) is 7.57. The number of hydrogen-bond donors (Lipinski definition) is 0. The van der Waals surface area contributed by atoms with Gasteiger partial charge in [0.05, 0.1) is 28.8 Å². The van der Waals surface area contributed by atoms with Crippen molar-refractivity contribution in [2.45, 2.75) is 20.8 Å². The summed E-state index contributed by atoms with van der Waals surface area (Å²) in [5.74, 6) is -0.0725. The summed E-state index contributed by atoms with van der Waals surface area (Å²) in [6.45, 7) is 6.37. The van der Waals surface area contributed by atoms with E-state index in [1.54, 1.807) is 28.2 Å². The van der Waals surface area contributed by atoms with Crippen LogP contribution in [0.3, 0.4) is 0 Å². The molecule has 0 radical (unpaired) electrons. The highest BCUT2D eigenvalue weighted by Crippen LogP contribution is 2.35. The van der Waals surface area contributed by atoms with E-state index in [4.69, 9.17) is 0 Å². The Bertz CT molecular complexity index is 1130. The molecule has 0 saturated carbocycles. The van der Waals surface area contributed by atoms with Crippen LogP contribution in [0.4, 0.5) is 5.00 Å². The monoisotopic (exact) mass is 403 g/mol. The van der Waals surface area contributed by atoms with Crippen LogP contribution in [0.2, 0.25) is 0 Å². The molecule has 0 aliphatic carbocycles. The van der Waals surface area contributed by atoms with Gasteiger partial charge in [-0.2, -0.15) is 5.10 Å². The molecule has 3 heterocycles. The molecule has 29 heavy (non-hydrogen) atoms. The standard InChI is InChI=1S/C22H21N5OS/c1-4-26(22-15(2)25-20(29-22)17-9-8-12-23-13-17)21(28)19-14-24-27(16(19)3)18-10-6-5-7-11-18/h5-14H,4H2,1-3H3. The van der Waals surface area contributed by atoms with Crippen LogP contribution in [0.15, 0.2) is 61.1 Å². The summed E-state index contributed by atoms with van der Waals surface area (Å²) >= 11 is 1.50. The maximum absolute atomic E-state index is 13.4. The number of hydrogen-bond acceptors (Lipinski definition) is 5. The predicted molar refractivity (Wildman–Crippen MR) is 116 cm³/mol. The summed E-state index contributed by atoms with van der Waals surface area (Å²) < 4.78 is 1.79. The van der Waals surface area contributed by atoms with E-state index in [1.807, 2.05) is 63.2 Å². The molecule has 146 valence electrons. The molecule has 0 unspecified atom stereocenters. The lowest BCUT2D eigenvalue weighted by Gasteiger charge is -2.19. The molecule has 3 aromatic heterocycles. The molecular weight excluding hydrogens is 382 g/mol. The molecule has 0 fully saturated rings. The largest absolute Gasteiger partial charge is 0.298 e. The average molecular weight is 404 g/mol. The van der Waals surface area contributed by atoms with Crippen molar-refractivity contribution >= 4 is 22.2 Å². The van der Waals surface area contributed by atoms with Gasteiger partial charge in [-0.3, -0.25) is 14.7 Å². The molecule has 0 saturated heterocycles. The van der Waals surface area contributed by atoms with Gasteiger partial charge in [0.1, 0.15) is 10.0 Å². The number of para-hydroxylation sites is 1. The van der Waals surface area contributed by atoms with Crippen LogP contribution < -0.4 is 4.90 Å². The highest BCUT2D eigenvalue weighted by atomic mass is 32.1. The lowest BCUT2D eigenvalue weighted by Crippen LogP contribution is -2.30. The minimum atomic E-state index is -0.0725. The molecule has 0 aliphatic heterocycles. The molecule has 4 rings (SSSR count). The quantitative estimate of drug-likeness (QED) is 0.486. The number of thiazole rings is 1. The van der Waals surface area contributed by atoms with Crippen LogP contribution in [0.5, 0.6) is 0 Å². The molecule has 0 aliphatic rings. The summed E-state index contributed by atoms with van der Waals surface area (Å²) in [6, 6.07) is 13.7. The number of nitrogens with zero attached hydrogens (tertiary/aromatic N) is 5. The Hall–Kier alpha value is -3.32. The molecular formula is C22H21N5OS. The maximum Gasteiger partial charge on any atom is 0.262 e. The van der Waals surface area contributed by atoms with E-state index in [9.17, 15) is 4.79 Å². The zero-order chi connectivity index (χ0) is 20.4. The van der Waals surface area contributed by atoms with E-state index in [0.29, 0.717) is 12.1 Å². The highest BCUT2D eigenvalue weighted by molar-refractivity contribution is 7.19. The van der Waals surface area contributed by atoms with E-state index in [0.717, 1.165) is 32.6 Å². The molecule has 7 heteroatoms. The van der Waals surface area contributed by atoms with Crippen molar-refractivity contribution < 1.29 is 4.79 Å². The highest BCUT2D eigenvalue weighted by Gasteiger charge is 2.25. The van der Waals surface area contributed by atoms with Gasteiger partial charge in [-0.1, -0.05) is 29.5 Å². The summed E-state index contributed by atoms with van der Waals surface area (Å²) in [5, 5.41) is 6.15. The normalized spacial score (nSPS) is 10.9. The van der Waals surface area contributed by atoms with Crippen LogP contribution in [-0.2, 0) is 0 Å². The fraction of sp³-hybridized carbons (Fsp3) is 0.182. The molecule has 0 atom stereocenters. The number of carbonyl (C=O) groups excluding carboxylic acids is 1.